The number of benzene rings is 2. The highest BCUT2D eigenvalue weighted by Crippen LogP contribution is 2.32. The number of rotatable bonds is 7. The Kier molecular flexibility index (Phi) is 5.53. The van der Waals surface area contributed by atoms with Crippen molar-refractivity contribution in [2.24, 2.45) is 5.92 Å². The van der Waals surface area contributed by atoms with E-state index in [0.29, 0.717) is 28.6 Å². The molecule has 0 bridgehead atoms. The zero-order chi connectivity index (χ0) is 18.7. The lowest BCUT2D eigenvalue weighted by atomic mass is 10.1. The summed E-state index contributed by atoms with van der Waals surface area (Å²) in [6.07, 6.45) is 3.18. The average Bonchev–Trinajstić information content (AvgIpc) is 3.38. The minimum Gasteiger partial charge on any atom is -0.382 e. The molecule has 0 unspecified atom stereocenters. The van der Waals surface area contributed by atoms with E-state index in [1.165, 1.54) is 0 Å². The Hall–Kier alpha value is -2.05. The second-order valence-corrected chi connectivity index (χ2v) is 8.49. The monoisotopic (exact) mass is 393 g/mol. The molecule has 138 valence electrons. The van der Waals surface area contributed by atoms with Crippen LogP contribution in [0.1, 0.15) is 28.8 Å². The lowest BCUT2D eigenvalue weighted by Gasteiger charge is -2.24. The minimum absolute atomic E-state index is 0.170. The van der Waals surface area contributed by atoms with E-state index < -0.39 is 10.1 Å². The van der Waals surface area contributed by atoms with Crippen molar-refractivity contribution in [1.82, 2.24) is 4.90 Å². The van der Waals surface area contributed by atoms with Gasteiger partial charge in [-0.05, 0) is 37.0 Å². The van der Waals surface area contributed by atoms with Crippen molar-refractivity contribution < 1.29 is 17.4 Å². The van der Waals surface area contributed by atoms with Crippen molar-refractivity contribution in [1.29, 1.82) is 0 Å². The summed E-state index contributed by atoms with van der Waals surface area (Å²) in [5.74, 6) is 0.545. The summed E-state index contributed by atoms with van der Waals surface area (Å²) in [5.41, 5.74) is 1.08. The number of hydrogen-bond acceptors (Lipinski definition) is 4. The third-order valence-corrected chi connectivity index (χ3v) is 4.95. The first-order valence-electron chi connectivity index (χ1n) is 8.34. The zero-order valence-corrected chi connectivity index (χ0v) is 16.0. The lowest BCUT2D eigenvalue weighted by molar-refractivity contribution is 0.0734. The van der Waals surface area contributed by atoms with Crippen LogP contribution < -0.4 is 4.18 Å². The van der Waals surface area contributed by atoms with Gasteiger partial charge in [-0.3, -0.25) is 4.79 Å². The van der Waals surface area contributed by atoms with Crippen LogP contribution in [0, 0.1) is 5.92 Å². The highest BCUT2D eigenvalue weighted by atomic mass is 35.5. The van der Waals surface area contributed by atoms with Gasteiger partial charge in [0.25, 0.3) is 5.91 Å². The molecule has 1 amide bonds. The highest BCUT2D eigenvalue weighted by Gasteiger charge is 2.28. The largest absolute Gasteiger partial charge is 0.382 e. The standard InChI is InChI=1S/C19H20ClNO4S/c1-26(23,24)25-18-9-5-2-6-15(18)13-21(12-14-10-11-14)19(22)16-7-3-4-8-17(16)20/h2-9,14H,10-13H2,1H3. The second kappa shape index (κ2) is 7.68. The van der Waals surface area contributed by atoms with E-state index in [2.05, 4.69) is 0 Å². The Morgan fingerprint density at radius 2 is 1.81 bits per heavy atom. The van der Waals surface area contributed by atoms with Crippen LogP contribution in [-0.2, 0) is 16.7 Å². The van der Waals surface area contributed by atoms with Gasteiger partial charge in [0.15, 0.2) is 0 Å². The molecular formula is C19H20ClNO4S. The van der Waals surface area contributed by atoms with E-state index in [9.17, 15) is 13.2 Å². The van der Waals surface area contributed by atoms with Crippen molar-refractivity contribution in [3.05, 3.63) is 64.7 Å². The molecule has 0 atom stereocenters. The molecule has 3 rings (SSSR count). The quantitative estimate of drug-likeness (QED) is 0.672. The Morgan fingerprint density at radius 3 is 2.46 bits per heavy atom. The second-order valence-electron chi connectivity index (χ2n) is 6.50. The van der Waals surface area contributed by atoms with Gasteiger partial charge >= 0.3 is 10.1 Å². The molecule has 26 heavy (non-hydrogen) atoms. The molecule has 2 aromatic carbocycles. The van der Waals surface area contributed by atoms with Gasteiger partial charge in [-0.1, -0.05) is 41.9 Å². The van der Waals surface area contributed by atoms with Crippen molar-refractivity contribution in [3.8, 4) is 5.75 Å². The molecule has 0 aromatic heterocycles. The maximum Gasteiger partial charge on any atom is 0.306 e. The normalized spacial score (nSPS) is 14.1. The number of nitrogens with zero attached hydrogens (tertiary/aromatic N) is 1. The van der Waals surface area contributed by atoms with Crippen LogP contribution in [0.3, 0.4) is 0 Å². The number of carbonyl (C=O) groups is 1. The summed E-state index contributed by atoms with van der Waals surface area (Å²) in [6, 6.07) is 13.8. The van der Waals surface area contributed by atoms with Gasteiger partial charge in [0.1, 0.15) is 5.75 Å². The maximum atomic E-state index is 13.0. The van der Waals surface area contributed by atoms with Gasteiger partial charge in [-0.15, -0.1) is 0 Å². The molecule has 5 nitrogen and oxygen atoms in total. The van der Waals surface area contributed by atoms with E-state index >= 15 is 0 Å². The van der Waals surface area contributed by atoms with Gasteiger partial charge in [0, 0.05) is 18.7 Å². The molecule has 0 saturated heterocycles. The van der Waals surface area contributed by atoms with E-state index in [-0.39, 0.29) is 18.2 Å². The number of hydrogen-bond donors (Lipinski definition) is 0. The number of para-hydroxylation sites is 1. The van der Waals surface area contributed by atoms with Gasteiger partial charge < -0.3 is 9.08 Å². The summed E-state index contributed by atoms with van der Waals surface area (Å²) < 4.78 is 28.1. The molecule has 1 fully saturated rings. The Morgan fingerprint density at radius 1 is 1.15 bits per heavy atom. The lowest BCUT2D eigenvalue weighted by Crippen LogP contribution is -2.33. The van der Waals surface area contributed by atoms with Crippen molar-refractivity contribution in [2.75, 3.05) is 12.8 Å². The van der Waals surface area contributed by atoms with Crippen LogP contribution in [-0.4, -0.2) is 32.0 Å². The Balaban J connectivity index is 1.88. The number of carbonyl (C=O) groups excluding carboxylic acids is 1. The van der Waals surface area contributed by atoms with Crippen LogP contribution in [0.5, 0.6) is 5.75 Å². The summed E-state index contributed by atoms with van der Waals surface area (Å²) in [6.45, 7) is 0.865. The van der Waals surface area contributed by atoms with Crippen LogP contribution in [0.4, 0.5) is 0 Å². The SMILES string of the molecule is CS(=O)(=O)Oc1ccccc1CN(CC1CC1)C(=O)c1ccccc1Cl. The third-order valence-electron chi connectivity index (χ3n) is 4.14. The van der Waals surface area contributed by atoms with E-state index in [1.54, 1.807) is 53.4 Å². The van der Waals surface area contributed by atoms with Crippen molar-refractivity contribution >= 4 is 27.6 Å². The van der Waals surface area contributed by atoms with Gasteiger partial charge in [-0.25, -0.2) is 0 Å². The fourth-order valence-corrected chi connectivity index (χ4v) is 3.43. The van der Waals surface area contributed by atoms with E-state index in [0.717, 1.165) is 19.1 Å². The predicted molar refractivity (Wildman–Crippen MR) is 101 cm³/mol. The van der Waals surface area contributed by atoms with Gasteiger partial charge in [-0.2, -0.15) is 8.42 Å². The first kappa shape index (κ1) is 18.7. The molecule has 0 aliphatic heterocycles. The molecule has 0 heterocycles. The summed E-state index contributed by atoms with van der Waals surface area (Å²) in [7, 11) is -3.65. The van der Waals surface area contributed by atoms with Crippen LogP contribution >= 0.6 is 11.6 Å². The Labute approximate surface area is 158 Å². The van der Waals surface area contributed by atoms with Crippen LogP contribution in [0.15, 0.2) is 48.5 Å². The predicted octanol–water partition coefficient (Wildman–Crippen LogP) is 3.73. The van der Waals surface area contributed by atoms with E-state index in [1.807, 2.05) is 0 Å². The Bertz CT molecular complexity index is 909. The van der Waals surface area contributed by atoms with Crippen LogP contribution in [0.25, 0.3) is 0 Å². The van der Waals surface area contributed by atoms with Gasteiger partial charge in [0.05, 0.1) is 16.8 Å². The molecule has 0 N–H and O–H groups in total. The van der Waals surface area contributed by atoms with Crippen molar-refractivity contribution in [2.45, 2.75) is 19.4 Å². The number of amides is 1. The zero-order valence-electron chi connectivity index (χ0n) is 14.4. The number of halogens is 1. The fraction of sp³-hybridized carbons (Fsp3) is 0.316. The fourth-order valence-electron chi connectivity index (χ4n) is 2.72. The maximum absolute atomic E-state index is 13.0. The third kappa shape index (κ3) is 4.99. The summed E-state index contributed by atoms with van der Waals surface area (Å²) >= 11 is 6.19. The average molecular weight is 394 g/mol. The molecular weight excluding hydrogens is 374 g/mol. The minimum atomic E-state index is -3.65. The molecule has 2 aromatic rings. The first-order valence-corrected chi connectivity index (χ1v) is 10.5. The summed E-state index contributed by atoms with van der Waals surface area (Å²) in [5, 5.41) is 0.402. The van der Waals surface area contributed by atoms with E-state index in [4.69, 9.17) is 15.8 Å². The van der Waals surface area contributed by atoms with Crippen LogP contribution in [0.2, 0.25) is 5.02 Å². The van der Waals surface area contributed by atoms with Gasteiger partial charge in [0.2, 0.25) is 0 Å². The molecule has 0 radical (unpaired) electrons. The first-order chi connectivity index (χ1) is 12.3. The topological polar surface area (TPSA) is 63.7 Å². The molecule has 1 aliphatic rings. The molecule has 0 spiro atoms. The molecule has 1 saturated carbocycles. The molecule has 7 heteroatoms. The van der Waals surface area contributed by atoms with Crippen molar-refractivity contribution in [3.63, 3.8) is 0 Å². The highest BCUT2D eigenvalue weighted by molar-refractivity contribution is 7.86. The molecule has 1 aliphatic carbocycles. The summed E-state index contributed by atoms with van der Waals surface area (Å²) in [4.78, 5) is 14.7. The smallest absolute Gasteiger partial charge is 0.306 e.